The van der Waals surface area contributed by atoms with E-state index < -0.39 is 18.5 Å². The summed E-state index contributed by atoms with van der Waals surface area (Å²) in [7, 11) is 0. The highest BCUT2D eigenvalue weighted by molar-refractivity contribution is 7.16. The topological polar surface area (TPSA) is 97.0 Å². The van der Waals surface area contributed by atoms with Gasteiger partial charge in [0.1, 0.15) is 11.1 Å². The summed E-state index contributed by atoms with van der Waals surface area (Å²) in [5.74, 6) is -1.08. The molecule has 0 saturated carbocycles. The number of amides is 1. The quantitative estimate of drug-likeness (QED) is 0.432. The minimum Gasteiger partial charge on any atom is -0.452 e. The first-order chi connectivity index (χ1) is 16.0. The molecule has 0 atom stereocenters. The number of thiophene rings is 1. The van der Waals surface area contributed by atoms with E-state index in [0.29, 0.717) is 10.6 Å². The molecule has 0 spiro atoms. The number of anilines is 1. The van der Waals surface area contributed by atoms with Crippen molar-refractivity contribution in [2.45, 2.75) is 39.5 Å². The van der Waals surface area contributed by atoms with E-state index in [1.807, 2.05) is 48.9 Å². The molecule has 0 bridgehead atoms. The molecule has 3 aromatic rings. The van der Waals surface area contributed by atoms with E-state index in [4.69, 9.17) is 4.74 Å². The van der Waals surface area contributed by atoms with Gasteiger partial charge in [0.2, 0.25) is 0 Å². The number of hydrogen-bond donors (Lipinski definition) is 1. The minimum atomic E-state index is -0.623. The van der Waals surface area contributed by atoms with Crippen LogP contribution in [0.2, 0.25) is 0 Å². The van der Waals surface area contributed by atoms with Gasteiger partial charge in [-0.25, -0.2) is 9.48 Å². The van der Waals surface area contributed by atoms with Crippen molar-refractivity contribution >= 4 is 34.3 Å². The van der Waals surface area contributed by atoms with E-state index in [1.54, 1.807) is 6.08 Å². The molecule has 33 heavy (non-hydrogen) atoms. The number of benzene rings is 1. The maximum atomic E-state index is 12.3. The number of aryl methyl sites for hydroxylation is 2. The lowest BCUT2D eigenvalue weighted by molar-refractivity contribution is -0.142. The average molecular weight is 461 g/mol. The second-order valence-corrected chi connectivity index (χ2v) is 8.95. The van der Waals surface area contributed by atoms with Crippen LogP contribution in [0.15, 0.2) is 36.4 Å². The molecule has 0 radical (unpaired) electrons. The Morgan fingerprint density at radius 1 is 1.24 bits per heavy atom. The van der Waals surface area contributed by atoms with Crippen LogP contribution in [-0.2, 0) is 27.2 Å². The zero-order chi connectivity index (χ0) is 23.4. The Bertz CT molecular complexity index is 1270. The number of aromatic nitrogens is 2. The highest BCUT2D eigenvalue weighted by Crippen LogP contribution is 2.37. The Balaban J connectivity index is 1.37. The fourth-order valence-corrected chi connectivity index (χ4v) is 5.24. The Labute approximate surface area is 196 Å². The lowest BCUT2D eigenvalue weighted by Crippen LogP contribution is -2.20. The zero-order valence-electron chi connectivity index (χ0n) is 18.6. The Hall–Kier alpha value is -3.70. The maximum absolute atomic E-state index is 12.3. The number of rotatable bonds is 6. The van der Waals surface area contributed by atoms with E-state index in [-0.39, 0.29) is 0 Å². The first kappa shape index (κ1) is 22.5. The molecule has 1 N–H and O–H groups in total. The lowest BCUT2D eigenvalue weighted by atomic mass is 9.96. The first-order valence-electron chi connectivity index (χ1n) is 10.8. The normalized spacial score (nSPS) is 12.9. The molecule has 1 amide bonds. The number of carbonyl (C=O) groups is 2. The molecule has 1 aromatic carbocycles. The number of nitrogens with zero attached hydrogens (tertiary/aromatic N) is 3. The number of nitriles is 1. The van der Waals surface area contributed by atoms with Crippen LogP contribution in [0.5, 0.6) is 0 Å². The fourth-order valence-electron chi connectivity index (χ4n) is 3.99. The molecule has 168 valence electrons. The number of ether oxygens (including phenoxy) is 1. The van der Waals surface area contributed by atoms with E-state index in [1.165, 1.54) is 17.4 Å². The summed E-state index contributed by atoms with van der Waals surface area (Å²) < 4.78 is 6.92. The number of nitrogens with one attached hydrogen (secondary N) is 1. The van der Waals surface area contributed by atoms with E-state index >= 15 is 0 Å². The molecular weight excluding hydrogens is 436 g/mol. The molecule has 1 aliphatic rings. The predicted molar refractivity (Wildman–Crippen MR) is 127 cm³/mol. The highest BCUT2D eigenvalue weighted by Gasteiger charge is 2.22. The second-order valence-electron chi connectivity index (χ2n) is 7.85. The standard InChI is InChI=1S/C25H24N4O3S/c1-16-19(17(2)29(28-16)18-8-4-3-5-9-18)12-13-24(31)32-15-23(30)27-25-21(14-26)20-10-6-7-11-22(20)33-25/h3-5,8-9,12-13H,6-7,10-11,15H2,1-2H3,(H,27,30). The van der Waals surface area contributed by atoms with Crippen LogP contribution in [0, 0.1) is 25.2 Å². The second kappa shape index (κ2) is 9.84. The summed E-state index contributed by atoms with van der Waals surface area (Å²) in [6.45, 7) is 3.38. The van der Waals surface area contributed by atoms with Crippen LogP contribution in [0.1, 0.15) is 45.8 Å². The number of esters is 1. The number of carbonyl (C=O) groups excluding carboxylic acids is 2. The van der Waals surface area contributed by atoms with Gasteiger partial charge in [0.25, 0.3) is 5.91 Å². The lowest BCUT2D eigenvalue weighted by Gasteiger charge is -2.09. The number of fused-ring (bicyclic) bond motifs is 1. The van der Waals surface area contributed by atoms with Crippen LogP contribution in [0.25, 0.3) is 11.8 Å². The predicted octanol–water partition coefficient (Wildman–Crippen LogP) is 4.50. The molecule has 0 saturated heterocycles. The molecule has 1 aliphatic carbocycles. The Kier molecular flexibility index (Phi) is 6.71. The summed E-state index contributed by atoms with van der Waals surface area (Å²) in [5, 5.41) is 17.3. The summed E-state index contributed by atoms with van der Waals surface area (Å²) in [4.78, 5) is 25.7. The van der Waals surface area contributed by atoms with E-state index in [9.17, 15) is 14.9 Å². The van der Waals surface area contributed by atoms with Crippen molar-refractivity contribution in [3.63, 3.8) is 0 Å². The van der Waals surface area contributed by atoms with Crippen LogP contribution in [0.4, 0.5) is 5.00 Å². The largest absolute Gasteiger partial charge is 0.452 e. The van der Waals surface area contributed by atoms with Crippen LogP contribution < -0.4 is 5.32 Å². The van der Waals surface area contributed by atoms with Crippen LogP contribution >= 0.6 is 11.3 Å². The molecule has 0 unspecified atom stereocenters. The van der Waals surface area contributed by atoms with Crippen LogP contribution in [0.3, 0.4) is 0 Å². The van der Waals surface area contributed by atoms with Crippen molar-refractivity contribution in [1.29, 1.82) is 5.26 Å². The third-order valence-electron chi connectivity index (χ3n) is 5.62. The van der Waals surface area contributed by atoms with Crippen molar-refractivity contribution in [3.8, 4) is 11.8 Å². The van der Waals surface area contributed by atoms with Gasteiger partial charge in [-0.1, -0.05) is 18.2 Å². The van der Waals surface area contributed by atoms with Gasteiger partial charge in [-0.15, -0.1) is 11.3 Å². The van der Waals surface area contributed by atoms with Gasteiger partial charge in [0, 0.05) is 22.2 Å². The molecule has 2 heterocycles. The third kappa shape index (κ3) is 4.89. The fraction of sp³-hybridized carbons (Fsp3) is 0.280. The zero-order valence-corrected chi connectivity index (χ0v) is 19.4. The monoisotopic (exact) mass is 460 g/mol. The number of para-hydroxylation sites is 1. The Morgan fingerprint density at radius 3 is 2.76 bits per heavy atom. The molecule has 0 aliphatic heterocycles. The van der Waals surface area contributed by atoms with E-state index in [2.05, 4.69) is 16.5 Å². The molecule has 0 fully saturated rings. The summed E-state index contributed by atoms with van der Waals surface area (Å²) in [6.07, 6.45) is 6.90. The highest BCUT2D eigenvalue weighted by atomic mass is 32.1. The van der Waals surface area contributed by atoms with Crippen molar-refractivity contribution < 1.29 is 14.3 Å². The average Bonchev–Trinajstić information content (AvgIpc) is 3.32. The van der Waals surface area contributed by atoms with Crippen molar-refractivity contribution in [2.75, 3.05) is 11.9 Å². The van der Waals surface area contributed by atoms with Gasteiger partial charge in [0.05, 0.1) is 16.9 Å². The summed E-state index contributed by atoms with van der Waals surface area (Å²) in [6, 6.07) is 11.9. The van der Waals surface area contributed by atoms with Gasteiger partial charge < -0.3 is 10.1 Å². The van der Waals surface area contributed by atoms with Gasteiger partial charge in [-0.2, -0.15) is 10.4 Å². The van der Waals surface area contributed by atoms with E-state index in [0.717, 1.165) is 58.8 Å². The molecule has 4 rings (SSSR count). The van der Waals surface area contributed by atoms with Crippen molar-refractivity contribution in [3.05, 3.63) is 69.4 Å². The summed E-state index contributed by atoms with van der Waals surface area (Å²) >= 11 is 1.44. The Morgan fingerprint density at radius 2 is 2.00 bits per heavy atom. The maximum Gasteiger partial charge on any atom is 0.331 e. The van der Waals surface area contributed by atoms with Crippen molar-refractivity contribution in [2.24, 2.45) is 0 Å². The van der Waals surface area contributed by atoms with Gasteiger partial charge in [0.15, 0.2) is 6.61 Å². The smallest absolute Gasteiger partial charge is 0.331 e. The molecular formula is C25H24N4O3S. The van der Waals surface area contributed by atoms with Gasteiger partial charge in [-0.05, 0) is 63.3 Å². The minimum absolute atomic E-state index is 0.419. The SMILES string of the molecule is Cc1nn(-c2ccccc2)c(C)c1C=CC(=O)OCC(=O)Nc1sc2c(c1C#N)CCCC2. The van der Waals surface area contributed by atoms with Gasteiger partial charge in [-0.3, -0.25) is 4.79 Å². The third-order valence-corrected chi connectivity index (χ3v) is 6.82. The first-order valence-corrected chi connectivity index (χ1v) is 11.6. The molecule has 8 heteroatoms. The van der Waals surface area contributed by atoms with Crippen molar-refractivity contribution in [1.82, 2.24) is 9.78 Å². The molecule has 7 nitrogen and oxygen atoms in total. The molecule has 2 aromatic heterocycles. The van der Waals surface area contributed by atoms with Crippen LogP contribution in [-0.4, -0.2) is 28.3 Å². The summed E-state index contributed by atoms with van der Waals surface area (Å²) in [5.41, 5.74) is 5.02. The number of hydrogen-bond acceptors (Lipinski definition) is 6. The van der Waals surface area contributed by atoms with Gasteiger partial charge >= 0.3 is 5.97 Å².